The number of nitrogens with zero attached hydrogens (tertiary/aromatic N) is 3. The van der Waals surface area contributed by atoms with Crippen molar-refractivity contribution in [3.8, 4) is 11.8 Å². The highest BCUT2D eigenvalue weighted by Crippen LogP contribution is 2.21. The van der Waals surface area contributed by atoms with E-state index in [1.54, 1.807) is 6.07 Å². The quantitative estimate of drug-likeness (QED) is 0.769. The Balaban J connectivity index is 2.65. The number of nitriles is 1. The van der Waals surface area contributed by atoms with Gasteiger partial charge in [-0.25, -0.2) is 17.9 Å². The third kappa shape index (κ3) is 1.69. The van der Waals surface area contributed by atoms with Gasteiger partial charge in [0.25, 0.3) is 0 Å². The van der Waals surface area contributed by atoms with E-state index in [9.17, 15) is 13.2 Å². The van der Waals surface area contributed by atoms with Crippen molar-refractivity contribution in [1.29, 1.82) is 5.26 Å². The number of nitrogen functional groups attached to an aromatic ring is 1. The molecule has 0 atom stereocenters. The summed E-state index contributed by atoms with van der Waals surface area (Å²) in [6.45, 7) is 0. The first-order chi connectivity index (χ1) is 8.04. The zero-order valence-electron chi connectivity index (χ0n) is 8.28. The third-order valence-electron chi connectivity index (χ3n) is 2.14. The van der Waals surface area contributed by atoms with Gasteiger partial charge in [-0.15, -0.1) is 0 Å². The molecule has 0 aliphatic rings. The van der Waals surface area contributed by atoms with Crippen LogP contribution in [0.5, 0.6) is 0 Å². The lowest BCUT2D eigenvalue weighted by atomic mass is 10.3. The van der Waals surface area contributed by atoms with Gasteiger partial charge in [-0.2, -0.15) is 10.4 Å². The lowest BCUT2D eigenvalue weighted by Crippen LogP contribution is -2.06. The predicted molar refractivity (Wildman–Crippen MR) is 52.6 cm³/mol. The summed E-state index contributed by atoms with van der Waals surface area (Å²) in [6.07, 6.45) is 1.11. The van der Waals surface area contributed by atoms with Crippen LogP contribution in [-0.2, 0) is 0 Å². The number of aromatic nitrogens is 2. The minimum atomic E-state index is -1.31. The number of nitrogens with two attached hydrogens (primary N) is 1. The number of halogens is 3. The number of rotatable bonds is 1. The molecule has 0 aliphatic heterocycles. The van der Waals surface area contributed by atoms with Crippen LogP contribution in [0.4, 0.5) is 19.0 Å². The summed E-state index contributed by atoms with van der Waals surface area (Å²) < 4.78 is 39.9. The Labute approximate surface area is 93.7 Å². The first-order valence-electron chi connectivity index (χ1n) is 4.43. The summed E-state index contributed by atoms with van der Waals surface area (Å²) in [5, 5.41) is 12.3. The first kappa shape index (κ1) is 11.0. The molecule has 2 N–H and O–H groups in total. The molecule has 0 bridgehead atoms. The molecule has 0 unspecified atom stereocenters. The van der Waals surface area contributed by atoms with E-state index in [1.807, 2.05) is 0 Å². The van der Waals surface area contributed by atoms with Crippen molar-refractivity contribution < 1.29 is 13.2 Å². The maximum atomic E-state index is 13.4. The summed E-state index contributed by atoms with van der Waals surface area (Å²) in [7, 11) is 0. The molecular weight excluding hydrogens is 233 g/mol. The van der Waals surface area contributed by atoms with Crippen LogP contribution in [0.2, 0.25) is 0 Å². The number of hydrogen-bond acceptors (Lipinski definition) is 3. The van der Waals surface area contributed by atoms with Crippen molar-refractivity contribution in [2.75, 3.05) is 5.73 Å². The Morgan fingerprint density at radius 3 is 2.41 bits per heavy atom. The average Bonchev–Trinajstić information content (AvgIpc) is 2.65. The maximum Gasteiger partial charge on any atom is 0.161 e. The van der Waals surface area contributed by atoms with E-state index in [0.717, 1.165) is 10.9 Å². The monoisotopic (exact) mass is 238 g/mol. The van der Waals surface area contributed by atoms with Gasteiger partial charge in [0.1, 0.15) is 23.1 Å². The van der Waals surface area contributed by atoms with Crippen molar-refractivity contribution in [3.63, 3.8) is 0 Å². The van der Waals surface area contributed by atoms with E-state index in [-0.39, 0.29) is 17.1 Å². The maximum absolute atomic E-state index is 13.4. The average molecular weight is 238 g/mol. The van der Waals surface area contributed by atoms with Crippen LogP contribution in [0, 0.1) is 28.8 Å². The smallest absolute Gasteiger partial charge is 0.161 e. The van der Waals surface area contributed by atoms with Crippen LogP contribution in [0.3, 0.4) is 0 Å². The zero-order chi connectivity index (χ0) is 12.6. The second-order valence-electron chi connectivity index (χ2n) is 3.18. The van der Waals surface area contributed by atoms with E-state index < -0.39 is 17.5 Å². The zero-order valence-corrected chi connectivity index (χ0v) is 8.28. The summed E-state index contributed by atoms with van der Waals surface area (Å²) in [4.78, 5) is 0. The Kier molecular flexibility index (Phi) is 2.48. The fourth-order valence-corrected chi connectivity index (χ4v) is 1.31. The predicted octanol–water partition coefficient (Wildman–Crippen LogP) is 1.74. The second kappa shape index (κ2) is 3.83. The molecule has 0 aliphatic carbocycles. The molecule has 17 heavy (non-hydrogen) atoms. The van der Waals surface area contributed by atoms with Crippen molar-refractivity contribution in [3.05, 3.63) is 41.3 Å². The van der Waals surface area contributed by atoms with Crippen molar-refractivity contribution in [2.24, 2.45) is 0 Å². The van der Waals surface area contributed by atoms with Crippen LogP contribution in [0.1, 0.15) is 5.56 Å². The molecule has 2 rings (SSSR count). The summed E-state index contributed by atoms with van der Waals surface area (Å²) in [5.74, 6) is -3.70. The number of hydrogen-bond donors (Lipinski definition) is 1. The molecular formula is C10H5F3N4. The lowest BCUT2D eigenvalue weighted by molar-refractivity contribution is 0.491. The SMILES string of the molecule is N#Cc1cnn(-c2cc(F)c(F)cc2F)c1N. The number of benzene rings is 1. The molecule has 0 saturated carbocycles. The largest absolute Gasteiger partial charge is 0.382 e. The lowest BCUT2D eigenvalue weighted by Gasteiger charge is -2.06. The Hall–Kier alpha value is -2.49. The standard InChI is InChI=1S/C10H5F3N4/c11-6-1-8(13)9(2-7(6)12)17-10(15)5(3-14)4-16-17/h1-2,4H,15H2. The van der Waals surface area contributed by atoms with Gasteiger partial charge in [-0.1, -0.05) is 0 Å². The molecule has 1 aromatic carbocycles. The van der Waals surface area contributed by atoms with E-state index in [2.05, 4.69) is 5.10 Å². The molecule has 86 valence electrons. The Morgan fingerprint density at radius 2 is 1.82 bits per heavy atom. The molecule has 4 nitrogen and oxygen atoms in total. The molecule has 1 heterocycles. The fraction of sp³-hybridized carbons (Fsp3) is 0. The Bertz CT molecular complexity index is 627. The highest BCUT2D eigenvalue weighted by Gasteiger charge is 2.15. The molecule has 2 aromatic rings. The highest BCUT2D eigenvalue weighted by atomic mass is 19.2. The minimum absolute atomic E-state index is 0.0223. The molecule has 0 fully saturated rings. The van der Waals surface area contributed by atoms with Gasteiger partial charge in [0.2, 0.25) is 0 Å². The van der Waals surface area contributed by atoms with Crippen molar-refractivity contribution >= 4 is 5.82 Å². The summed E-state index contributed by atoms with van der Waals surface area (Å²) in [6, 6.07) is 2.74. The van der Waals surface area contributed by atoms with E-state index in [1.165, 1.54) is 0 Å². The molecule has 0 radical (unpaired) electrons. The fourth-order valence-electron chi connectivity index (χ4n) is 1.31. The van der Waals surface area contributed by atoms with Crippen LogP contribution in [0.25, 0.3) is 5.69 Å². The van der Waals surface area contributed by atoms with Gasteiger partial charge in [-0.05, 0) is 0 Å². The molecule has 1 aromatic heterocycles. The normalized spacial score (nSPS) is 10.2. The summed E-state index contributed by atoms with van der Waals surface area (Å²) in [5.41, 5.74) is 5.16. The van der Waals surface area contributed by atoms with Crippen LogP contribution < -0.4 is 5.73 Å². The first-order valence-corrected chi connectivity index (χ1v) is 4.43. The van der Waals surface area contributed by atoms with Gasteiger partial charge in [0.15, 0.2) is 17.5 Å². The van der Waals surface area contributed by atoms with Crippen molar-refractivity contribution in [1.82, 2.24) is 9.78 Å². The van der Waals surface area contributed by atoms with Gasteiger partial charge in [0.05, 0.1) is 6.20 Å². The highest BCUT2D eigenvalue weighted by molar-refractivity contribution is 5.52. The molecule has 0 saturated heterocycles. The molecule has 0 amide bonds. The van der Waals surface area contributed by atoms with Gasteiger partial charge in [0, 0.05) is 12.1 Å². The minimum Gasteiger partial charge on any atom is -0.382 e. The Morgan fingerprint density at radius 1 is 1.18 bits per heavy atom. The topological polar surface area (TPSA) is 67.6 Å². The number of anilines is 1. The van der Waals surface area contributed by atoms with Crippen LogP contribution in [0.15, 0.2) is 18.3 Å². The van der Waals surface area contributed by atoms with E-state index in [4.69, 9.17) is 11.0 Å². The van der Waals surface area contributed by atoms with E-state index >= 15 is 0 Å². The van der Waals surface area contributed by atoms with Crippen LogP contribution >= 0.6 is 0 Å². The van der Waals surface area contributed by atoms with Crippen molar-refractivity contribution in [2.45, 2.75) is 0 Å². The van der Waals surface area contributed by atoms with Gasteiger partial charge in [-0.3, -0.25) is 0 Å². The van der Waals surface area contributed by atoms with Gasteiger partial charge >= 0.3 is 0 Å². The van der Waals surface area contributed by atoms with E-state index in [0.29, 0.717) is 12.1 Å². The summed E-state index contributed by atoms with van der Waals surface area (Å²) >= 11 is 0. The second-order valence-corrected chi connectivity index (χ2v) is 3.18. The van der Waals surface area contributed by atoms with Crippen LogP contribution in [-0.4, -0.2) is 9.78 Å². The molecule has 0 spiro atoms. The van der Waals surface area contributed by atoms with Gasteiger partial charge < -0.3 is 5.73 Å². The third-order valence-corrected chi connectivity index (χ3v) is 2.14. The molecule has 7 heteroatoms.